The van der Waals surface area contributed by atoms with Gasteiger partial charge < -0.3 is 4.74 Å². The number of nitrogens with one attached hydrogen (secondary N) is 1. The van der Waals surface area contributed by atoms with Crippen LogP contribution in [0.25, 0.3) is 0 Å². The molecule has 0 spiro atoms. The fourth-order valence-electron chi connectivity index (χ4n) is 3.77. The minimum Gasteiger partial charge on any atom is -0.453 e. The van der Waals surface area contributed by atoms with Crippen molar-refractivity contribution in [3.05, 3.63) is 29.3 Å². The van der Waals surface area contributed by atoms with E-state index in [1.165, 1.54) is 17.0 Å². The fraction of sp³-hybridized carbons (Fsp3) is 0.579. The molecule has 28 heavy (non-hydrogen) atoms. The Hall–Kier alpha value is -1.97. The van der Waals surface area contributed by atoms with Gasteiger partial charge in [-0.2, -0.15) is 4.31 Å². The van der Waals surface area contributed by atoms with Crippen molar-refractivity contribution in [2.75, 3.05) is 33.3 Å². The van der Waals surface area contributed by atoms with Crippen molar-refractivity contribution >= 4 is 22.0 Å². The second-order valence-corrected chi connectivity index (χ2v) is 9.17. The lowest BCUT2D eigenvalue weighted by Gasteiger charge is -2.36. The van der Waals surface area contributed by atoms with Gasteiger partial charge in [-0.3, -0.25) is 15.0 Å². The number of ether oxygens (including phenoxy) is 1. The van der Waals surface area contributed by atoms with Gasteiger partial charge in [-0.15, -0.1) is 0 Å². The minimum atomic E-state index is -3.56. The predicted molar refractivity (Wildman–Crippen MR) is 103 cm³/mol. The highest BCUT2D eigenvalue weighted by molar-refractivity contribution is 7.89. The molecule has 1 atom stereocenters. The van der Waals surface area contributed by atoms with Gasteiger partial charge in [-0.25, -0.2) is 13.2 Å². The first kappa shape index (κ1) is 20.8. The van der Waals surface area contributed by atoms with Crippen LogP contribution in [0.3, 0.4) is 0 Å². The van der Waals surface area contributed by atoms with E-state index in [2.05, 4.69) is 10.1 Å². The maximum atomic E-state index is 13.0. The first-order valence-electron chi connectivity index (χ1n) is 9.57. The van der Waals surface area contributed by atoms with Crippen LogP contribution in [0.1, 0.15) is 30.9 Å². The molecule has 154 valence electrons. The number of fused-ring (bicyclic) bond motifs is 1. The molecule has 1 fully saturated rings. The molecule has 8 nitrogen and oxygen atoms in total. The molecule has 1 heterocycles. The summed E-state index contributed by atoms with van der Waals surface area (Å²) >= 11 is 0. The highest BCUT2D eigenvalue weighted by atomic mass is 32.2. The van der Waals surface area contributed by atoms with E-state index in [4.69, 9.17) is 0 Å². The van der Waals surface area contributed by atoms with E-state index < -0.39 is 28.1 Å². The average molecular weight is 410 g/mol. The number of rotatable bonds is 4. The first-order valence-corrected chi connectivity index (χ1v) is 11.0. The summed E-state index contributed by atoms with van der Waals surface area (Å²) in [6.45, 7) is 3.12. The summed E-state index contributed by atoms with van der Waals surface area (Å²) in [7, 11) is -2.36. The summed E-state index contributed by atoms with van der Waals surface area (Å²) in [6, 6.07) is 4.92. The molecule has 1 saturated heterocycles. The van der Waals surface area contributed by atoms with Gasteiger partial charge in [0.05, 0.1) is 18.0 Å². The monoisotopic (exact) mass is 409 g/mol. The molecule has 1 aromatic carbocycles. The van der Waals surface area contributed by atoms with Gasteiger partial charge in [0.2, 0.25) is 15.9 Å². The second-order valence-electron chi connectivity index (χ2n) is 7.23. The summed E-state index contributed by atoms with van der Waals surface area (Å²) in [4.78, 5) is 25.5. The highest BCUT2D eigenvalue weighted by Gasteiger charge is 2.32. The summed E-state index contributed by atoms with van der Waals surface area (Å²) in [6.07, 6.45) is 3.40. The molecule has 0 unspecified atom stereocenters. The van der Waals surface area contributed by atoms with Crippen molar-refractivity contribution in [2.24, 2.45) is 0 Å². The number of nitrogens with zero attached hydrogens (tertiary/aromatic N) is 2. The molecule has 1 N–H and O–H groups in total. The van der Waals surface area contributed by atoms with Crippen molar-refractivity contribution in [3.8, 4) is 0 Å². The van der Waals surface area contributed by atoms with E-state index in [9.17, 15) is 18.0 Å². The summed E-state index contributed by atoms with van der Waals surface area (Å²) < 4.78 is 32.0. The van der Waals surface area contributed by atoms with Gasteiger partial charge in [0.1, 0.15) is 0 Å². The van der Waals surface area contributed by atoms with Gasteiger partial charge in [0.15, 0.2) is 0 Å². The Balaban J connectivity index is 1.64. The highest BCUT2D eigenvalue weighted by Crippen LogP contribution is 2.26. The number of aryl methyl sites for hydroxylation is 2. The maximum Gasteiger partial charge on any atom is 0.413 e. The maximum absolute atomic E-state index is 13.0. The van der Waals surface area contributed by atoms with Crippen LogP contribution in [0.5, 0.6) is 0 Å². The summed E-state index contributed by atoms with van der Waals surface area (Å²) in [5.74, 6) is -0.460. The van der Waals surface area contributed by atoms with E-state index in [1.807, 2.05) is 17.0 Å². The van der Waals surface area contributed by atoms with Gasteiger partial charge in [-0.1, -0.05) is 6.07 Å². The molecule has 1 aliphatic heterocycles. The van der Waals surface area contributed by atoms with Crippen LogP contribution in [0.2, 0.25) is 0 Å². The predicted octanol–water partition coefficient (Wildman–Crippen LogP) is 1.14. The fourth-order valence-corrected chi connectivity index (χ4v) is 5.25. The molecule has 0 aromatic heterocycles. The average Bonchev–Trinajstić information content (AvgIpc) is 2.72. The Bertz CT molecular complexity index is 847. The second kappa shape index (κ2) is 8.59. The van der Waals surface area contributed by atoms with Crippen molar-refractivity contribution in [3.63, 3.8) is 0 Å². The molecule has 2 aliphatic rings. The Morgan fingerprint density at radius 3 is 2.36 bits per heavy atom. The Kier molecular flexibility index (Phi) is 6.36. The molecular formula is C19H27N3O5S. The van der Waals surface area contributed by atoms with E-state index in [0.29, 0.717) is 31.1 Å². The van der Waals surface area contributed by atoms with E-state index in [0.717, 1.165) is 31.2 Å². The molecule has 2 amide bonds. The van der Waals surface area contributed by atoms with Crippen LogP contribution in [-0.4, -0.2) is 69.0 Å². The van der Waals surface area contributed by atoms with Gasteiger partial charge >= 0.3 is 6.09 Å². The number of alkyl carbamates (subject to hydrolysis) is 1. The third-order valence-electron chi connectivity index (χ3n) is 5.57. The van der Waals surface area contributed by atoms with Gasteiger partial charge in [0, 0.05) is 26.2 Å². The first-order chi connectivity index (χ1) is 13.3. The SMILES string of the molecule is COC(=O)NC(=O)[C@H](C)N1CCN(S(=O)(=O)c2ccc3c(c2)CCCC3)CC1. The number of hydrogen-bond acceptors (Lipinski definition) is 6. The molecule has 3 rings (SSSR count). The van der Waals surface area contributed by atoms with E-state index in [-0.39, 0.29) is 0 Å². The lowest BCUT2D eigenvalue weighted by molar-refractivity contribution is -0.125. The van der Waals surface area contributed by atoms with Crippen LogP contribution in [0.15, 0.2) is 23.1 Å². The zero-order valence-corrected chi connectivity index (χ0v) is 17.1. The lowest BCUT2D eigenvalue weighted by atomic mass is 9.92. The van der Waals surface area contributed by atoms with Crippen LogP contribution >= 0.6 is 0 Å². The number of carbonyl (C=O) groups excluding carboxylic acids is 2. The van der Waals surface area contributed by atoms with E-state index in [1.54, 1.807) is 13.0 Å². The topological polar surface area (TPSA) is 96.0 Å². The number of sulfonamides is 1. The van der Waals surface area contributed by atoms with Crippen LogP contribution < -0.4 is 5.32 Å². The Labute approximate surface area is 165 Å². The minimum absolute atomic E-state index is 0.301. The molecule has 0 bridgehead atoms. The van der Waals surface area contributed by atoms with Gasteiger partial charge in [-0.05, 0) is 55.9 Å². The number of amides is 2. The van der Waals surface area contributed by atoms with Crippen molar-refractivity contribution in [1.29, 1.82) is 0 Å². The third kappa shape index (κ3) is 4.37. The van der Waals surface area contributed by atoms with Crippen LogP contribution in [0.4, 0.5) is 4.79 Å². The van der Waals surface area contributed by atoms with Crippen molar-refractivity contribution in [2.45, 2.75) is 43.5 Å². The number of hydrogen-bond donors (Lipinski definition) is 1. The normalized spacial score (nSPS) is 19.5. The standard InChI is InChI=1S/C19H27N3O5S/c1-14(18(23)20-19(24)27-2)21-9-11-22(12-10-21)28(25,26)17-8-7-15-5-3-4-6-16(15)13-17/h7-8,13-14H,3-6,9-12H2,1-2H3,(H,20,23,24)/t14-/m0/s1. The summed E-state index contributed by atoms with van der Waals surface area (Å²) in [5, 5.41) is 2.15. The zero-order chi connectivity index (χ0) is 20.3. The number of piperazine rings is 1. The molecular weight excluding hydrogens is 382 g/mol. The van der Waals surface area contributed by atoms with Gasteiger partial charge in [0.25, 0.3) is 0 Å². The Morgan fingerprint density at radius 2 is 1.71 bits per heavy atom. The van der Waals surface area contributed by atoms with Crippen LogP contribution in [0, 0.1) is 0 Å². The molecule has 1 aliphatic carbocycles. The number of imide groups is 1. The van der Waals surface area contributed by atoms with Crippen molar-refractivity contribution < 1.29 is 22.7 Å². The number of methoxy groups -OCH3 is 1. The smallest absolute Gasteiger partial charge is 0.413 e. The molecule has 1 aromatic rings. The lowest BCUT2D eigenvalue weighted by Crippen LogP contribution is -2.55. The zero-order valence-electron chi connectivity index (χ0n) is 16.3. The Morgan fingerprint density at radius 1 is 1.07 bits per heavy atom. The van der Waals surface area contributed by atoms with Crippen molar-refractivity contribution in [1.82, 2.24) is 14.5 Å². The molecule has 0 saturated carbocycles. The third-order valence-corrected chi connectivity index (χ3v) is 7.46. The quantitative estimate of drug-likeness (QED) is 0.801. The van der Waals surface area contributed by atoms with Crippen LogP contribution in [-0.2, 0) is 32.4 Å². The van der Waals surface area contributed by atoms with E-state index >= 15 is 0 Å². The number of carbonyl (C=O) groups is 2. The molecule has 0 radical (unpaired) electrons. The largest absolute Gasteiger partial charge is 0.453 e. The molecule has 9 heteroatoms. The number of benzene rings is 1. The summed E-state index contributed by atoms with van der Waals surface area (Å²) in [5.41, 5.74) is 2.39.